The molecule has 8 heteroatoms. The van der Waals surface area contributed by atoms with Crippen molar-refractivity contribution in [3.63, 3.8) is 0 Å². The summed E-state index contributed by atoms with van der Waals surface area (Å²) in [6, 6.07) is 6.48. The molecule has 7 nitrogen and oxygen atoms in total. The van der Waals surface area contributed by atoms with Gasteiger partial charge in [0.25, 0.3) is 15.9 Å². The molecule has 1 heterocycles. The molecule has 24 heavy (non-hydrogen) atoms. The second kappa shape index (κ2) is 6.70. The minimum Gasteiger partial charge on any atom is -0.382 e. The molecule has 1 saturated carbocycles. The molecule has 0 aromatic heterocycles. The second-order valence-electron chi connectivity index (χ2n) is 6.41. The van der Waals surface area contributed by atoms with Crippen LogP contribution < -0.4 is 15.8 Å². The maximum absolute atomic E-state index is 12.6. The van der Waals surface area contributed by atoms with E-state index in [-0.39, 0.29) is 10.8 Å². The summed E-state index contributed by atoms with van der Waals surface area (Å²) >= 11 is 0. The summed E-state index contributed by atoms with van der Waals surface area (Å²) in [4.78, 5) is 12.4. The molecule has 132 valence electrons. The van der Waals surface area contributed by atoms with E-state index in [1.807, 2.05) is 0 Å². The topological polar surface area (TPSA) is 111 Å². The van der Waals surface area contributed by atoms with E-state index in [2.05, 4.69) is 10.0 Å². The third-order valence-electron chi connectivity index (χ3n) is 4.63. The molecule has 0 spiro atoms. The van der Waals surface area contributed by atoms with E-state index < -0.39 is 21.5 Å². The van der Waals surface area contributed by atoms with E-state index in [1.165, 1.54) is 6.07 Å². The number of benzene rings is 1. The third kappa shape index (κ3) is 3.55. The summed E-state index contributed by atoms with van der Waals surface area (Å²) in [5.41, 5.74) is 5.46. The van der Waals surface area contributed by atoms with Gasteiger partial charge in [-0.3, -0.25) is 4.79 Å². The Balaban J connectivity index is 1.85. The zero-order valence-electron chi connectivity index (χ0n) is 13.5. The Morgan fingerprint density at radius 1 is 1.21 bits per heavy atom. The number of para-hydroxylation sites is 1. The maximum Gasteiger partial charge on any atom is 0.266 e. The number of anilines is 1. The summed E-state index contributed by atoms with van der Waals surface area (Å²) in [6.07, 6.45) is 3.15. The Hall–Kier alpha value is -1.64. The number of fused-ring (bicyclic) bond motifs is 2. The number of carbonyl (C=O) groups excluding carboxylic acids is 1. The van der Waals surface area contributed by atoms with Gasteiger partial charge in [0.2, 0.25) is 0 Å². The van der Waals surface area contributed by atoms with Crippen LogP contribution in [-0.2, 0) is 19.6 Å². The Morgan fingerprint density at radius 2 is 2.00 bits per heavy atom. The van der Waals surface area contributed by atoms with Crippen LogP contribution in [0.1, 0.15) is 25.7 Å². The van der Waals surface area contributed by atoms with Crippen molar-refractivity contribution in [2.24, 2.45) is 11.7 Å². The molecule has 1 aliphatic carbocycles. The lowest BCUT2D eigenvalue weighted by molar-refractivity contribution is -0.121. The van der Waals surface area contributed by atoms with Gasteiger partial charge >= 0.3 is 0 Å². The molecule has 0 unspecified atom stereocenters. The quantitative estimate of drug-likeness (QED) is 0.637. The van der Waals surface area contributed by atoms with Gasteiger partial charge in [-0.1, -0.05) is 18.6 Å². The standard InChI is InChI=1S/C16H23N3O4S/c17-16-11-12(16)5-3-4-9-23-10-8-18-13-6-1-2-7-14(13)24(21,22)19-15(16)20/h1-2,6-7,12,18H,3-5,8-11,17H2,(H,19,20)/t12-,16+/m0/s1. The highest BCUT2D eigenvalue weighted by Gasteiger charge is 2.57. The number of nitrogens with one attached hydrogen (secondary N) is 2. The summed E-state index contributed by atoms with van der Waals surface area (Å²) in [6.45, 7) is 1.63. The minimum absolute atomic E-state index is 0.0335. The highest BCUT2D eigenvalue weighted by atomic mass is 32.2. The monoisotopic (exact) mass is 353 g/mol. The summed E-state index contributed by atoms with van der Waals surface area (Å²) in [5.74, 6) is -0.584. The Labute approximate surface area is 142 Å². The molecule has 1 aromatic carbocycles. The van der Waals surface area contributed by atoms with Crippen molar-refractivity contribution in [3.05, 3.63) is 24.3 Å². The largest absolute Gasteiger partial charge is 0.382 e. The van der Waals surface area contributed by atoms with Crippen LogP contribution in [0, 0.1) is 5.92 Å². The lowest BCUT2D eigenvalue weighted by Gasteiger charge is -2.15. The fourth-order valence-electron chi connectivity index (χ4n) is 3.06. The van der Waals surface area contributed by atoms with E-state index >= 15 is 0 Å². The number of amides is 1. The number of carbonyl (C=O) groups is 1. The zero-order chi connectivity index (χ0) is 17.2. The van der Waals surface area contributed by atoms with Crippen LogP contribution >= 0.6 is 0 Å². The number of nitrogens with two attached hydrogens (primary N) is 1. The first-order valence-corrected chi connectivity index (χ1v) is 9.68. The molecule has 0 bridgehead atoms. The molecule has 2 aliphatic rings. The molecular formula is C16H23N3O4S. The molecule has 4 N–H and O–H groups in total. The first-order chi connectivity index (χ1) is 11.4. The van der Waals surface area contributed by atoms with E-state index in [0.717, 1.165) is 19.3 Å². The van der Waals surface area contributed by atoms with Gasteiger partial charge in [-0.2, -0.15) is 0 Å². The molecule has 3 rings (SSSR count). The van der Waals surface area contributed by atoms with Crippen molar-refractivity contribution in [2.45, 2.75) is 36.1 Å². The number of rotatable bonds is 0. The van der Waals surface area contributed by atoms with Gasteiger partial charge in [-0.05, 0) is 37.3 Å². The van der Waals surface area contributed by atoms with Crippen molar-refractivity contribution in [1.82, 2.24) is 4.72 Å². The van der Waals surface area contributed by atoms with E-state index in [1.54, 1.807) is 18.2 Å². The van der Waals surface area contributed by atoms with Gasteiger partial charge in [0, 0.05) is 13.2 Å². The van der Waals surface area contributed by atoms with Gasteiger partial charge < -0.3 is 15.8 Å². The van der Waals surface area contributed by atoms with Crippen LogP contribution in [0.5, 0.6) is 0 Å². The Kier molecular flexibility index (Phi) is 4.80. The summed E-state index contributed by atoms with van der Waals surface area (Å²) < 4.78 is 32.9. The van der Waals surface area contributed by atoms with Crippen molar-refractivity contribution < 1.29 is 17.9 Å². The fraction of sp³-hybridized carbons (Fsp3) is 0.562. The van der Waals surface area contributed by atoms with Crippen molar-refractivity contribution in [1.29, 1.82) is 0 Å². The van der Waals surface area contributed by atoms with Crippen molar-refractivity contribution in [2.75, 3.05) is 25.1 Å². The van der Waals surface area contributed by atoms with Gasteiger partial charge in [-0.15, -0.1) is 0 Å². The van der Waals surface area contributed by atoms with Crippen LogP contribution in [0.2, 0.25) is 0 Å². The third-order valence-corrected chi connectivity index (χ3v) is 6.02. The minimum atomic E-state index is -3.98. The zero-order valence-corrected chi connectivity index (χ0v) is 14.3. The SMILES string of the molecule is N[C@]12C[C@@H]1CCCCOCCNc1ccccc1S(=O)(=O)NC2=O. The van der Waals surface area contributed by atoms with Gasteiger partial charge in [0.15, 0.2) is 0 Å². The molecule has 1 aliphatic heterocycles. The predicted octanol–water partition coefficient (Wildman–Crippen LogP) is 0.821. The van der Waals surface area contributed by atoms with Gasteiger partial charge in [0.1, 0.15) is 4.90 Å². The smallest absolute Gasteiger partial charge is 0.266 e. The number of hydrogen-bond acceptors (Lipinski definition) is 6. The van der Waals surface area contributed by atoms with Gasteiger partial charge in [0.05, 0.1) is 17.8 Å². The summed E-state index contributed by atoms with van der Waals surface area (Å²) in [5, 5.41) is 3.05. The van der Waals surface area contributed by atoms with Gasteiger partial charge in [-0.25, -0.2) is 13.1 Å². The molecule has 0 saturated heterocycles. The highest BCUT2D eigenvalue weighted by Crippen LogP contribution is 2.45. The lowest BCUT2D eigenvalue weighted by atomic mass is 10.1. The van der Waals surface area contributed by atoms with E-state index in [0.29, 0.717) is 31.9 Å². The van der Waals surface area contributed by atoms with Crippen LogP contribution in [0.3, 0.4) is 0 Å². The molecule has 0 radical (unpaired) electrons. The van der Waals surface area contributed by atoms with E-state index in [4.69, 9.17) is 10.5 Å². The average molecular weight is 353 g/mol. The summed E-state index contributed by atoms with van der Waals surface area (Å²) in [7, 11) is -3.98. The number of sulfonamides is 1. The second-order valence-corrected chi connectivity index (χ2v) is 8.06. The molecule has 1 fully saturated rings. The predicted molar refractivity (Wildman–Crippen MR) is 90.0 cm³/mol. The Morgan fingerprint density at radius 3 is 2.83 bits per heavy atom. The lowest BCUT2D eigenvalue weighted by Crippen LogP contribution is -2.46. The fourth-order valence-corrected chi connectivity index (χ4v) is 4.29. The molecule has 1 amide bonds. The van der Waals surface area contributed by atoms with Crippen LogP contribution in [-0.4, -0.2) is 39.6 Å². The normalized spacial score (nSPS) is 30.5. The highest BCUT2D eigenvalue weighted by molar-refractivity contribution is 7.90. The first-order valence-electron chi connectivity index (χ1n) is 8.20. The molecule has 2 atom stereocenters. The number of ether oxygens (including phenoxy) is 1. The van der Waals surface area contributed by atoms with Crippen LogP contribution in [0.15, 0.2) is 29.2 Å². The molecular weight excluding hydrogens is 330 g/mol. The molecule has 1 aromatic rings. The van der Waals surface area contributed by atoms with Crippen molar-refractivity contribution in [3.8, 4) is 0 Å². The van der Waals surface area contributed by atoms with Crippen LogP contribution in [0.4, 0.5) is 5.69 Å². The maximum atomic E-state index is 12.6. The first kappa shape index (κ1) is 17.2. The van der Waals surface area contributed by atoms with E-state index in [9.17, 15) is 13.2 Å². The van der Waals surface area contributed by atoms with Crippen molar-refractivity contribution >= 4 is 21.6 Å². The Bertz CT molecular complexity index is 722. The average Bonchev–Trinajstić information content (AvgIpc) is 3.21. The number of hydrogen-bond donors (Lipinski definition) is 3. The van der Waals surface area contributed by atoms with Crippen LogP contribution in [0.25, 0.3) is 0 Å².